The number of aliphatic carboxylic acids is 1. The normalized spacial score (nSPS) is 30.1. The highest BCUT2D eigenvalue weighted by molar-refractivity contribution is 7.07. The Hall–Kier alpha value is -1.36. The minimum Gasteiger partial charge on any atom is -0.480 e. The van der Waals surface area contributed by atoms with Crippen LogP contribution >= 0.6 is 11.3 Å². The summed E-state index contributed by atoms with van der Waals surface area (Å²) in [5.74, 6) is -0.266. The highest BCUT2D eigenvalue weighted by atomic mass is 32.1. The predicted octanol–water partition coefficient (Wildman–Crippen LogP) is 1.22. The second-order valence-corrected chi connectivity index (χ2v) is 5.58. The number of thiophene rings is 1. The lowest BCUT2D eigenvalue weighted by molar-refractivity contribution is -0.149. The zero-order chi connectivity index (χ0) is 12.0. The first-order chi connectivity index (χ1) is 8.16. The summed E-state index contributed by atoms with van der Waals surface area (Å²) in [6.45, 7) is 0.630. The third-order valence-electron chi connectivity index (χ3n) is 3.66. The molecule has 0 aromatic carbocycles. The Morgan fingerprint density at radius 2 is 2.35 bits per heavy atom. The highest BCUT2D eigenvalue weighted by Gasteiger charge is 2.56. The van der Waals surface area contributed by atoms with Crippen LogP contribution in [0.4, 0.5) is 0 Å². The molecule has 1 saturated carbocycles. The van der Waals surface area contributed by atoms with E-state index in [4.69, 9.17) is 5.11 Å². The first-order valence-corrected chi connectivity index (χ1v) is 6.64. The molecule has 1 amide bonds. The maximum atomic E-state index is 12.1. The number of fused-ring (bicyclic) bond motifs is 1. The number of carboxylic acids is 1. The van der Waals surface area contributed by atoms with Gasteiger partial charge in [-0.2, -0.15) is 11.3 Å². The van der Waals surface area contributed by atoms with E-state index in [1.54, 1.807) is 16.2 Å². The molecule has 1 aromatic rings. The van der Waals surface area contributed by atoms with Gasteiger partial charge < -0.3 is 10.0 Å². The molecule has 3 rings (SSSR count). The van der Waals surface area contributed by atoms with Crippen LogP contribution in [0.3, 0.4) is 0 Å². The zero-order valence-corrected chi connectivity index (χ0v) is 10.0. The molecule has 1 aliphatic heterocycles. The maximum absolute atomic E-state index is 12.1. The molecule has 0 bridgehead atoms. The molecular formula is C12H13NO3S. The van der Waals surface area contributed by atoms with E-state index in [2.05, 4.69) is 0 Å². The Labute approximate surface area is 103 Å². The van der Waals surface area contributed by atoms with E-state index in [-0.39, 0.29) is 11.8 Å². The van der Waals surface area contributed by atoms with Crippen LogP contribution in [0.1, 0.15) is 12.0 Å². The molecule has 1 N–H and O–H groups in total. The molecule has 17 heavy (non-hydrogen) atoms. The van der Waals surface area contributed by atoms with Crippen LogP contribution < -0.4 is 0 Å². The Morgan fingerprint density at radius 1 is 1.53 bits per heavy atom. The Balaban J connectivity index is 1.71. The minimum atomic E-state index is -0.853. The smallest absolute Gasteiger partial charge is 0.326 e. The lowest BCUT2D eigenvalue weighted by Crippen LogP contribution is -2.44. The van der Waals surface area contributed by atoms with E-state index in [9.17, 15) is 9.59 Å². The Bertz CT molecular complexity index is 456. The molecule has 0 unspecified atom stereocenters. The van der Waals surface area contributed by atoms with Crippen molar-refractivity contribution in [1.29, 1.82) is 0 Å². The number of nitrogens with zero attached hydrogens (tertiary/aromatic N) is 1. The SMILES string of the molecule is O=C(O)[C@@H]1[C@H]2C[C@H]2CN1C(=O)Cc1ccsc1. The van der Waals surface area contributed by atoms with Crippen molar-refractivity contribution in [3.63, 3.8) is 0 Å². The van der Waals surface area contributed by atoms with E-state index in [0.717, 1.165) is 12.0 Å². The third-order valence-corrected chi connectivity index (χ3v) is 4.39. The van der Waals surface area contributed by atoms with Gasteiger partial charge in [0, 0.05) is 6.54 Å². The van der Waals surface area contributed by atoms with E-state index < -0.39 is 12.0 Å². The van der Waals surface area contributed by atoms with Crippen LogP contribution in [0.25, 0.3) is 0 Å². The number of carbonyl (C=O) groups excluding carboxylic acids is 1. The largest absolute Gasteiger partial charge is 0.480 e. The zero-order valence-electron chi connectivity index (χ0n) is 9.20. The fraction of sp³-hybridized carbons (Fsp3) is 0.500. The topological polar surface area (TPSA) is 57.6 Å². The van der Waals surface area contributed by atoms with Gasteiger partial charge in [0.2, 0.25) is 5.91 Å². The van der Waals surface area contributed by atoms with Crippen LogP contribution in [-0.2, 0) is 16.0 Å². The van der Waals surface area contributed by atoms with Crippen LogP contribution in [0.15, 0.2) is 16.8 Å². The van der Waals surface area contributed by atoms with Crippen molar-refractivity contribution in [3.05, 3.63) is 22.4 Å². The van der Waals surface area contributed by atoms with Gasteiger partial charge in [0.25, 0.3) is 0 Å². The molecule has 0 radical (unpaired) electrons. The summed E-state index contributed by atoms with van der Waals surface area (Å²) < 4.78 is 0. The van der Waals surface area contributed by atoms with Crippen molar-refractivity contribution < 1.29 is 14.7 Å². The van der Waals surface area contributed by atoms with Gasteiger partial charge in [0.15, 0.2) is 0 Å². The van der Waals surface area contributed by atoms with Gasteiger partial charge in [-0.3, -0.25) is 4.79 Å². The summed E-state index contributed by atoms with van der Waals surface area (Å²) in [7, 11) is 0. The van der Waals surface area contributed by atoms with Crippen LogP contribution in [0.2, 0.25) is 0 Å². The van der Waals surface area contributed by atoms with Gasteiger partial charge >= 0.3 is 5.97 Å². The number of rotatable bonds is 3. The number of carbonyl (C=O) groups is 2. The monoisotopic (exact) mass is 251 g/mol. The first kappa shape index (κ1) is 10.8. The number of carboxylic acid groups (broad SMARTS) is 1. The van der Waals surface area contributed by atoms with Gasteiger partial charge in [-0.1, -0.05) is 0 Å². The summed E-state index contributed by atoms with van der Waals surface area (Å²) in [4.78, 5) is 24.8. The van der Waals surface area contributed by atoms with Gasteiger partial charge in [-0.25, -0.2) is 4.79 Å². The lowest BCUT2D eigenvalue weighted by atomic mass is 10.1. The van der Waals surface area contributed by atoms with Crippen molar-refractivity contribution >= 4 is 23.2 Å². The number of hydrogen-bond donors (Lipinski definition) is 1. The third kappa shape index (κ3) is 1.84. The molecule has 0 spiro atoms. The molecule has 1 saturated heterocycles. The molecule has 5 heteroatoms. The fourth-order valence-electron chi connectivity index (χ4n) is 2.71. The number of likely N-dealkylation sites (tertiary alicyclic amines) is 1. The lowest BCUT2D eigenvalue weighted by Gasteiger charge is -2.24. The minimum absolute atomic E-state index is 0.0528. The summed E-state index contributed by atoms with van der Waals surface area (Å²) in [5, 5.41) is 13.0. The molecule has 2 heterocycles. The highest BCUT2D eigenvalue weighted by Crippen LogP contribution is 2.49. The molecule has 2 fully saturated rings. The predicted molar refractivity (Wildman–Crippen MR) is 62.8 cm³/mol. The Kier molecular flexibility index (Phi) is 2.43. The molecular weight excluding hydrogens is 238 g/mol. The maximum Gasteiger partial charge on any atom is 0.326 e. The molecule has 90 valence electrons. The van der Waals surface area contributed by atoms with E-state index >= 15 is 0 Å². The Morgan fingerprint density at radius 3 is 3.00 bits per heavy atom. The summed E-state index contributed by atoms with van der Waals surface area (Å²) >= 11 is 1.55. The standard InChI is InChI=1S/C12H13NO3S/c14-10(3-7-1-2-17-6-7)13-5-8-4-9(8)11(13)12(15)16/h1-2,6,8-9,11H,3-5H2,(H,15,16)/t8-,9-,11-/m0/s1. The van der Waals surface area contributed by atoms with Crippen molar-refractivity contribution in [2.45, 2.75) is 18.9 Å². The van der Waals surface area contributed by atoms with Crippen molar-refractivity contribution in [2.24, 2.45) is 11.8 Å². The second-order valence-electron chi connectivity index (χ2n) is 4.80. The molecule has 3 atom stereocenters. The van der Waals surface area contributed by atoms with Crippen molar-refractivity contribution in [1.82, 2.24) is 4.90 Å². The number of hydrogen-bond acceptors (Lipinski definition) is 3. The second kappa shape index (κ2) is 3.84. The number of piperidine rings is 1. The first-order valence-electron chi connectivity index (χ1n) is 5.70. The van der Waals surface area contributed by atoms with Crippen molar-refractivity contribution in [3.8, 4) is 0 Å². The average Bonchev–Trinajstić information content (AvgIpc) is 2.76. The van der Waals surface area contributed by atoms with E-state index in [0.29, 0.717) is 18.9 Å². The molecule has 1 aromatic heterocycles. The molecule has 2 aliphatic rings. The van der Waals surface area contributed by atoms with Crippen LogP contribution in [0, 0.1) is 11.8 Å². The van der Waals surface area contributed by atoms with E-state index in [1.807, 2.05) is 16.8 Å². The molecule has 4 nitrogen and oxygen atoms in total. The summed E-state index contributed by atoms with van der Waals surface area (Å²) in [6.07, 6.45) is 1.30. The average molecular weight is 251 g/mol. The van der Waals surface area contributed by atoms with Gasteiger partial charge in [-0.05, 0) is 40.6 Å². The molecule has 1 aliphatic carbocycles. The van der Waals surface area contributed by atoms with Gasteiger partial charge in [-0.15, -0.1) is 0 Å². The van der Waals surface area contributed by atoms with Gasteiger partial charge in [0.1, 0.15) is 6.04 Å². The fourth-order valence-corrected chi connectivity index (χ4v) is 3.38. The summed E-state index contributed by atoms with van der Waals surface area (Å²) in [5.41, 5.74) is 0.977. The van der Waals surface area contributed by atoms with Crippen LogP contribution in [-0.4, -0.2) is 34.5 Å². The van der Waals surface area contributed by atoms with Gasteiger partial charge in [0.05, 0.1) is 6.42 Å². The van der Waals surface area contributed by atoms with Crippen LogP contribution in [0.5, 0.6) is 0 Å². The quantitative estimate of drug-likeness (QED) is 0.878. The number of amides is 1. The van der Waals surface area contributed by atoms with Crippen molar-refractivity contribution in [2.75, 3.05) is 6.54 Å². The van der Waals surface area contributed by atoms with E-state index in [1.165, 1.54) is 0 Å². The summed E-state index contributed by atoms with van der Waals surface area (Å²) in [6, 6.07) is 1.33.